The lowest BCUT2D eigenvalue weighted by Gasteiger charge is -2.19. The van der Waals surface area contributed by atoms with Crippen molar-refractivity contribution in [2.75, 3.05) is 0 Å². The summed E-state index contributed by atoms with van der Waals surface area (Å²) in [5.41, 5.74) is 3.15. The third-order valence-electron chi connectivity index (χ3n) is 2.20. The van der Waals surface area contributed by atoms with Crippen LogP contribution < -0.4 is 0 Å². The van der Waals surface area contributed by atoms with Gasteiger partial charge in [-0.3, -0.25) is 0 Å². The van der Waals surface area contributed by atoms with Crippen molar-refractivity contribution in [2.24, 2.45) is 0 Å². The van der Waals surface area contributed by atoms with Crippen LogP contribution in [0.1, 0.15) is 66.5 Å². The molecule has 0 aliphatic heterocycles. The number of hydrogen-bond donors (Lipinski definition) is 0. The molecule has 0 bridgehead atoms. The van der Waals surface area contributed by atoms with Gasteiger partial charge in [0.2, 0.25) is 0 Å². The van der Waals surface area contributed by atoms with Crippen LogP contribution in [-0.2, 0) is 11.8 Å². The summed E-state index contributed by atoms with van der Waals surface area (Å²) in [6.45, 7) is 17.0. The summed E-state index contributed by atoms with van der Waals surface area (Å²) >= 11 is 0. The Kier molecular flexibility index (Phi) is 10.4. The first-order valence-corrected chi connectivity index (χ1v) is 6.63. The predicted molar refractivity (Wildman–Crippen MR) is 77.2 cm³/mol. The molecule has 0 radical (unpaired) electrons. The number of benzene rings is 1. The Balaban J connectivity index is 0. The Hall–Kier alpha value is -0.780. The molecule has 94 valence electrons. The van der Waals surface area contributed by atoms with Gasteiger partial charge in [0.1, 0.15) is 0 Å². The Morgan fingerprint density at radius 1 is 0.938 bits per heavy atom. The molecule has 0 saturated carbocycles. The van der Waals surface area contributed by atoms with Gasteiger partial charge in [0.05, 0.1) is 0 Å². The van der Waals surface area contributed by atoms with Crippen molar-refractivity contribution < 1.29 is 0 Å². The van der Waals surface area contributed by atoms with E-state index in [-0.39, 0.29) is 5.41 Å². The zero-order valence-corrected chi connectivity index (χ0v) is 12.5. The van der Waals surface area contributed by atoms with Crippen LogP contribution in [0.2, 0.25) is 0 Å². The maximum Gasteiger partial charge on any atom is -0.0132 e. The molecule has 0 saturated heterocycles. The summed E-state index contributed by atoms with van der Waals surface area (Å²) in [7, 11) is 0. The zero-order chi connectivity index (χ0) is 13.2. The minimum absolute atomic E-state index is 0.283. The summed E-state index contributed by atoms with van der Waals surface area (Å²) < 4.78 is 0. The molecule has 0 heteroatoms. The van der Waals surface area contributed by atoms with Crippen LogP contribution in [0.3, 0.4) is 0 Å². The van der Waals surface area contributed by atoms with E-state index in [1.165, 1.54) is 11.1 Å². The van der Waals surface area contributed by atoms with E-state index in [0.717, 1.165) is 6.42 Å². The van der Waals surface area contributed by atoms with Gasteiger partial charge in [-0.15, -0.1) is 0 Å². The van der Waals surface area contributed by atoms with Crippen molar-refractivity contribution in [1.29, 1.82) is 0 Å². The maximum atomic E-state index is 2.31. The van der Waals surface area contributed by atoms with Crippen LogP contribution in [0.15, 0.2) is 24.3 Å². The fourth-order valence-corrected chi connectivity index (χ4v) is 1.26. The first-order chi connectivity index (χ1) is 7.54. The van der Waals surface area contributed by atoms with Crippen LogP contribution >= 0.6 is 0 Å². The second kappa shape index (κ2) is 9.45. The average molecular weight is 222 g/mol. The fraction of sp³-hybridized carbons (Fsp3) is 0.625. The van der Waals surface area contributed by atoms with Crippen molar-refractivity contribution in [3.8, 4) is 0 Å². The second-order valence-electron chi connectivity index (χ2n) is 4.30. The molecular weight excluding hydrogens is 192 g/mol. The molecule has 0 amide bonds. The standard InChI is InChI=1S/C12H18.2C2H6/c1-5-10-7-6-8-11(9-10)12(2,3)4;2*1-2/h6-9H,5H2,1-4H3;2*1-2H3. The fourth-order valence-electron chi connectivity index (χ4n) is 1.26. The Morgan fingerprint density at radius 3 is 1.81 bits per heavy atom. The molecule has 0 unspecified atom stereocenters. The van der Waals surface area contributed by atoms with E-state index >= 15 is 0 Å². The molecule has 16 heavy (non-hydrogen) atoms. The smallest absolute Gasteiger partial charge is 0.0132 e. The first kappa shape index (κ1) is 17.6. The minimum atomic E-state index is 0.283. The molecule has 0 aliphatic carbocycles. The van der Waals surface area contributed by atoms with Crippen molar-refractivity contribution in [1.82, 2.24) is 0 Å². The highest BCUT2D eigenvalue weighted by Crippen LogP contribution is 2.22. The molecule has 0 aromatic heterocycles. The summed E-state index contributed by atoms with van der Waals surface area (Å²) in [4.78, 5) is 0. The quantitative estimate of drug-likeness (QED) is 0.580. The number of rotatable bonds is 1. The van der Waals surface area contributed by atoms with Gasteiger partial charge < -0.3 is 0 Å². The molecule has 0 nitrogen and oxygen atoms in total. The second-order valence-corrected chi connectivity index (χ2v) is 4.30. The molecule has 1 aromatic carbocycles. The third kappa shape index (κ3) is 6.66. The molecule has 1 aromatic rings. The van der Waals surface area contributed by atoms with Gasteiger partial charge in [-0.05, 0) is 23.0 Å². The summed E-state index contributed by atoms with van der Waals surface area (Å²) in [5.74, 6) is 0. The van der Waals surface area contributed by atoms with E-state index < -0.39 is 0 Å². The lowest BCUT2D eigenvalue weighted by atomic mass is 9.86. The molecule has 0 atom stereocenters. The topological polar surface area (TPSA) is 0 Å². The van der Waals surface area contributed by atoms with E-state index in [0.29, 0.717) is 0 Å². The normalized spacial score (nSPS) is 9.50. The van der Waals surface area contributed by atoms with Crippen molar-refractivity contribution in [3.63, 3.8) is 0 Å². The van der Waals surface area contributed by atoms with Gasteiger partial charge in [0, 0.05) is 0 Å². The monoisotopic (exact) mass is 222 g/mol. The Morgan fingerprint density at radius 2 is 1.44 bits per heavy atom. The van der Waals surface area contributed by atoms with E-state index in [1.54, 1.807) is 0 Å². The van der Waals surface area contributed by atoms with Gasteiger partial charge in [0.15, 0.2) is 0 Å². The Labute approximate surface area is 103 Å². The molecule has 0 spiro atoms. The average Bonchev–Trinajstić information content (AvgIpc) is 2.33. The van der Waals surface area contributed by atoms with Gasteiger partial charge in [-0.2, -0.15) is 0 Å². The van der Waals surface area contributed by atoms with Crippen LogP contribution in [0.25, 0.3) is 0 Å². The molecule has 0 N–H and O–H groups in total. The molecule has 0 heterocycles. The van der Waals surface area contributed by atoms with Crippen LogP contribution in [0.4, 0.5) is 0 Å². The summed E-state index contributed by atoms with van der Waals surface area (Å²) in [6, 6.07) is 8.85. The highest BCUT2D eigenvalue weighted by Gasteiger charge is 2.12. The van der Waals surface area contributed by atoms with Crippen molar-refractivity contribution in [2.45, 2.75) is 67.2 Å². The summed E-state index contributed by atoms with van der Waals surface area (Å²) in [5, 5.41) is 0. The van der Waals surface area contributed by atoms with Gasteiger partial charge in [-0.1, -0.05) is 79.7 Å². The number of aryl methyl sites for hydroxylation is 1. The van der Waals surface area contributed by atoms with Crippen LogP contribution in [0.5, 0.6) is 0 Å². The summed E-state index contributed by atoms with van der Waals surface area (Å²) in [6.07, 6.45) is 1.13. The molecule has 1 rings (SSSR count). The first-order valence-electron chi connectivity index (χ1n) is 6.63. The lowest BCUT2D eigenvalue weighted by molar-refractivity contribution is 0.589. The zero-order valence-electron chi connectivity index (χ0n) is 12.5. The minimum Gasteiger partial charge on any atom is -0.0683 e. The SMILES string of the molecule is CC.CC.CCc1cccc(C(C)(C)C)c1. The van der Waals surface area contributed by atoms with E-state index in [4.69, 9.17) is 0 Å². The predicted octanol–water partition coefficient (Wildman–Crippen LogP) is 5.60. The Bertz CT molecular complexity index is 253. The maximum absolute atomic E-state index is 2.31. The largest absolute Gasteiger partial charge is 0.0683 e. The molecule has 0 aliphatic rings. The highest BCUT2D eigenvalue weighted by molar-refractivity contribution is 5.28. The lowest BCUT2D eigenvalue weighted by Crippen LogP contribution is -2.10. The van der Waals surface area contributed by atoms with E-state index in [9.17, 15) is 0 Å². The highest BCUT2D eigenvalue weighted by atomic mass is 14.2. The van der Waals surface area contributed by atoms with E-state index in [1.807, 2.05) is 27.7 Å². The van der Waals surface area contributed by atoms with Gasteiger partial charge in [-0.25, -0.2) is 0 Å². The third-order valence-corrected chi connectivity index (χ3v) is 2.20. The molecular formula is C16H30. The number of hydrogen-bond acceptors (Lipinski definition) is 0. The van der Waals surface area contributed by atoms with Gasteiger partial charge >= 0.3 is 0 Å². The van der Waals surface area contributed by atoms with Crippen molar-refractivity contribution in [3.05, 3.63) is 35.4 Å². The van der Waals surface area contributed by atoms with Gasteiger partial charge in [0.25, 0.3) is 0 Å². The van der Waals surface area contributed by atoms with Crippen molar-refractivity contribution >= 4 is 0 Å². The molecule has 0 fully saturated rings. The van der Waals surface area contributed by atoms with Crippen LogP contribution in [0, 0.1) is 0 Å². The van der Waals surface area contributed by atoms with E-state index in [2.05, 4.69) is 52.0 Å². The van der Waals surface area contributed by atoms with Crippen LogP contribution in [-0.4, -0.2) is 0 Å².